The highest BCUT2D eigenvalue weighted by Gasteiger charge is 2.28. The van der Waals surface area contributed by atoms with Crippen LogP contribution in [0.15, 0.2) is 83.5 Å². The Labute approximate surface area is 365 Å². The van der Waals surface area contributed by atoms with E-state index in [1.54, 1.807) is 6.20 Å². The van der Waals surface area contributed by atoms with E-state index in [1.165, 1.54) is 55.1 Å². The molecule has 7 aromatic rings. The highest BCUT2D eigenvalue weighted by Crippen LogP contribution is 2.38. The second-order valence-corrected chi connectivity index (χ2v) is 19.7. The van der Waals surface area contributed by atoms with Crippen molar-refractivity contribution in [3.63, 3.8) is 0 Å². The van der Waals surface area contributed by atoms with E-state index in [1.807, 2.05) is 41.5 Å². The Morgan fingerprint density at radius 3 is 1.55 bits per heavy atom. The van der Waals surface area contributed by atoms with Crippen molar-refractivity contribution in [1.29, 1.82) is 0 Å². The molecule has 0 bridgehead atoms. The second-order valence-electron chi connectivity index (χ2n) is 19.7. The van der Waals surface area contributed by atoms with Gasteiger partial charge in [-0.15, -0.1) is 0 Å². The van der Waals surface area contributed by atoms with Crippen LogP contribution in [0.4, 0.5) is 0 Å². The van der Waals surface area contributed by atoms with Crippen molar-refractivity contribution in [2.75, 3.05) is 0 Å². The zero-order valence-electron chi connectivity index (χ0n) is 41.9. The first-order valence-electron chi connectivity index (χ1n) is 22.7. The minimum atomic E-state index is 0.0355. The molecule has 5 nitrogen and oxygen atoms in total. The van der Waals surface area contributed by atoms with Crippen LogP contribution >= 0.6 is 0 Å². The SMILES string of the molecule is CC.CC.CC.CC(C)(C)c1cc2ccc3ccccc3c2nc1C(C)(C)C.CC(C)c1[nH]c2ccccc2c1C(C)(C)C.CC(C)c1nc2oncc2cc1C(C)(C)C. The number of benzene rings is 3. The van der Waals surface area contributed by atoms with Gasteiger partial charge in [0, 0.05) is 32.8 Å². The molecule has 0 unspecified atom stereocenters. The Bertz CT molecular complexity index is 2370. The predicted octanol–water partition coefficient (Wildman–Crippen LogP) is 17.3. The summed E-state index contributed by atoms with van der Waals surface area (Å²) in [5, 5.41) is 9.87. The first-order valence-corrected chi connectivity index (χ1v) is 22.7. The molecule has 0 saturated heterocycles. The average Bonchev–Trinajstić information content (AvgIpc) is 3.84. The van der Waals surface area contributed by atoms with Gasteiger partial charge in [-0.2, -0.15) is 0 Å². The summed E-state index contributed by atoms with van der Waals surface area (Å²) in [5.41, 5.74) is 11.2. The number of nitrogens with zero attached hydrogens (tertiary/aromatic N) is 3. The molecule has 3 aromatic carbocycles. The van der Waals surface area contributed by atoms with Crippen molar-refractivity contribution < 1.29 is 4.52 Å². The smallest absolute Gasteiger partial charge is 0.257 e. The summed E-state index contributed by atoms with van der Waals surface area (Å²) in [6, 6.07) is 26.0. The molecule has 0 spiro atoms. The molecule has 0 amide bonds. The van der Waals surface area contributed by atoms with Crippen LogP contribution in [0.3, 0.4) is 0 Å². The van der Waals surface area contributed by atoms with Crippen LogP contribution in [0.2, 0.25) is 0 Å². The molecule has 0 aliphatic rings. The van der Waals surface area contributed by atoms with Gasteiger partial charge in [-0.25, -0.2) is 4.98 Å². The molecule has 7 rings (SSSR count). The molecule has 0 saturated carbocycles. The maximum absolute atomic E-state index is 5.14. The number of fused-ring (bicyclic) bond motifs is 5. The summed E-state index contributed by atoms with van der Waals surface area (Å²) in [6.45, 7) is 47.8. The van der Waals surface area contributed by atoms with Crippen molar-refractivity contribution in [2.45, 2.75) is 186 Å². The van der Waals surface area contributed by atoms with Gasteiger partial charge in [0.25, 0.3) is 5.71 Å². The highest BCUT2D eigenvalue weighted by molar-refractivity contribution is 6.05. The number of para-hydroxylation sites is 1. The number of hydrogen-bond donors (Lipinski definition) is 1. The van der Waals surface area contributed by atoms with E-state index in [4.69, 9.17) is 9.51 Å². The van der Waals surface area contributed by atoms with Gasteiger partial charge in [0.15, 0.2) is 0 Å². The molecule has 328 valence electrons. The van der Waals surface area contributed by atoms with Crippen LogP contribution in [0.25, 0.3) is 43.7 Å². The molecule has 5 heteroatoms. The topological polar surface area (TPSA) is 67.6 Å². The lowest BCUT2D eigenvalue weighted by Crippen LogP contribution is -2.23. The average molecular weight is 815 g/mol. The van der Waals surface area contributed by atoms with Crippen LogP contribution in [-0.4, -0.2) is 20.1 Å². The fraction of sp³-hybridized carbons (Fsp3) is 0.509. The Morgan fingerprint density at radius 2 is 1.03 bits per heavy atom. The molecule has 0 atom stereocenters. The summed E-state index contributed by atoms with van der Waals surface area (Å²) in [7, 11) is 0. The quantitative estimate of drug-likeness (QED) is 0.177. The van der Waals surface area contributed by atoms with Gasteiger partial charge in [-0.3, -0.25) is 4.98 Å². The van der Waals surface area contributed by atoms with E-state index in [0.29, 0.717) is 17.5 Å². The van der Waals surface area contributed by atoms with Crippen molar-refractivity contribution in [3.05, 3.63) is 113 Å². The fourth-order valence-corrected chi connectivity index (χ4v) is 7.32. The molecular weight excluding hydrogens is 733 g/mol. The summed E-state index contributed by atoms with van der Waals surface area (Å²) in [4.78, 5) is 13.3. The molecular formula is C55H82N4O. The van der Waals surface area contributed by atoms with Crippen LogP contribution in [0, 0.1) is 0 Å². The van der Waals surface area contributed by atoms with Crippen LogP contribution in [-0.2, 0) is 21.7 Å². The number of rotatable bonds is 2. The number of hydrogen-bond acceptors (Lipinski definition) is 4. The Balaban J connectivity index is 0.000000296. The lowest BCUT2D eigenvalue weighted by atomic mass is 9.77. The first kappa shape index (κ1) is 51.6. The van der Waals surface area contributed by atoms with Gasteiger partial charge in [0.2, 0.25) is 0 Å². The summed E-state index contributed by atoms with van der Waals surface area (Å²) < 4.78 is 5.12. The first-order chi connectivity index (χ1) is 28.0. The molecule has 0 fully saturated rings. The number of pyridine rings is 2. The minimum absolute atomic E-state index is 0.0355. The second kappa shape index (κ2) is 21.3. The molecule has 1 N–H and O–H groups in total. The van der Waals surface area contributed by atoms with Crippen molar-refractivity contribution in [2.24, 2.45) is 0 Å². The van der Waals surface area contributed by atoms with E-state index in [0.717, 1.165) is 16.6 Å². The van der Waals surface area contributed by atoms with Crippen LogP contribution in [0.1, 0.15) is 198 Å². The number of aromatic nitrogens is 4. The fourth-order valence-electron chi connectivity index (χ4n) is 7.32. The van der Waals surface area contributed by atoms with E-state index in [9.17, 15) is 0 Å². The number of H-pyrrole nitrogens is 1. The predicted molar refractivity (Wildman–Crippen MR) is 266 cm³/mol. The van der Waals surface area contributed by atoms with Crippen LogP contribution in [0.5, 0.6) is 0 Å². The van der Waals surface area contributed by atoms with Gasteiger partial charge < -0.3 is 9.51 Å². The summed E-state index contributed by atoms with van der Waals surface area (Å²) >= 11 is 0. The molecule has 0 aliphatic heterocycles. The van der Waals surface area contributed by atoms with Gasteiger partial charge in [-0.1, -0.05) is 212 Å². The number of aromatic amines is 1. The summed E-state index contributed by atoms with van der Waals surface area (Å²) in [5.74, 6) is 0.936. The third-order valence-corrected chi connectivity index (χ3v) is 10.0. The van der Waals surface area contributed by atoms with E-state index < -0.39 is 0 Å². The van der Waals surface area contributed by atoms with Crippen molar-refractivity contribution in [1.82, 2.24) is 20.1 Å². The standard InChI is InChI=1S/C21H25N.C15H21N.C13H18N2O.3C2H6/c1-20(2,3)17-13-15-12-11-14-9-7-8-10-16(14)18(15)22-19(17)21(4,5)6;1-10(2)14-13(15(3,4)5)11-8-6-7-9-12(11)16-14;1-8(2)11-10(13(3,4)5)6-9-7-14-16-12(9)15-11;3*1-2/h7-13H,1-6H3;6-10,16H,1-5H3;6-8H,1-5H3;3*1-2H3. The molecule has 4 heterocycles. The Morgan fingerprint density at radius 1 is 0.517 bits per heavy atom. The normalized spacial score (nSPS) is 11.8. The lowest BCUT2D eigenvalue weighted by molar-refractivity contribution is 0.446. The van der Waals surface area contributed by atoms with Gasteiger partial charge in [-0.05, 0) is 68.4 Å². The Kier molecular flexibility index (Phi) is 18.4. The maximum atomic E-state index is 5.14. The largest absolute Gasteiger partial charge is 0.358 e. The van der Waals surface area contributed by atoms with E-state index in [-0.39, 0.29) is 21.7 Å². The van der Waals surface area contributed by atoms with Gasteiger partial charge in [0.05, 0.1) is 28.5 Å². The minimum Gasteiger partial charge on any atom is -0.358 e. The van der Waals surface area contributed by atoms with Gasteiger partial charge in [0.1, 0.15) is 0 Å². The molecule has 60 heavy (non-hydrogen) atoms. The maximum Gasteiger partial charge on any atom is 0.257 e. The highest BCUT2D eigenvalue weighted by atomic mass is 16.5. The van der Waals surface area contributed by atoms with Crippen molar-refractivity contribution in [3.8, 4) is 0 Å². The zero-order chi connectivity index (χ0) is 46.0. The molecule has 0 radical (unpaired) electrons. The third kappa shape index (κ3) is 12.5. The van der Waals surface area contributed by atoms with Crippen LogP contribution < -0.4 is 0 Å². The number of nitrogens with one attached hydrogen (secondary N) is 1. The molecule has 4 aromatic heterocycles. The summed E-state index contributed by atoms with van der Waals surface area (Å²) in [6.07, 6.45) is 1.72. The monoisotopic (exact) mass is 815 g/mol. The Hall–Kier alpha value is -4.51. The van der Waals surface area contributed by atoms with Crippen molar-refractivity contribution >= 4 is 43.7 Å². The van der Waals surface area contributed by atoms with E-state index >= 15 is 0 Å². The van der Waals surface area contributed by atoms with Gasteiger partial charge >= 0.3 is 0 Å². The van der Waals surface area contributed by atoms with E-state index in [2.05, 4.69) is 199 Å². The zero-order valence-corrected chi connectivity index (χ0v) is 41.9. The molecule has 0 aliphatic carbocycles. The third-order valence-electron chi connectivity index (χ3n) is 10.0. The lowest BCUT2D eigenvalue weighted by Gasteiger charge is -2.29.